The van der Waals surface area contributed by atoms with Gasteiger partial charge in [0.25, 0.3) is 5.91 Å². The molecule has 1 amide bonds. The Balaban J connectivity index is 1.87. The summed E-state index contributed by atoms with van der Waals surface area (Å²) in [6, 6.07) is 5.73. The highest BCUT2D eigenvalue weighted by Crippen LogP contribution is 2.32. The second-order valence-electron chi connectivity index (χ2n) is 6.51. The molecule has 1 fully saturated rings. The smallest absolute Gasteiger partial charge is 0.313 e. The molecule has 1 aliphatic rings. The first-order valence-corrected chi connectivity index (χ1v) is 8.28. The number of hydrogen-bond donors (Lipinski definition) is 2. The molecule has 2 heterocycles. The van der Waals surface area contributed by atoms with Gasteiger partial charge in [0.2, 0.25) is 0 Å². The monoisotopic (exact) mass is 361 g/mol. The predicted octanol–water partition coefficient (Wildman–Crippen LogP) is 2.17. The molecule has 0 spiro atoms. The Morgan fingerprint density at radius 1 is 1.38 bits per heavy atom. The van der Waals surface area contributed by atoms with Gasteiger partial charge in [-0.25, -0.2) is 4.39 Å². The maximum Gasteiger partial charge on any atom is 0.313 e. The number of hydrogen-bond acceptors (Lipinski definition) is 4. The number of aliphatic carboxylic acids is 1. The summed E-state index contributed by atoms with van der Waals surface area (Å²) in [5.74, 6) is -1.65. The third kappa shape index (κ3) is 3.32. The SMILES string of the molecule is COCC1(C(=O)O)CCCN(C(=O)c2cn[nH]c2-c2ccc(F)cc2)C1. The molecule has 1 aliphatic heterocycles. The maximum atomic E-state index is 13.1. The number of rotatable bonds is 5. The van der Waals surface area contributed by atoms with Gasteiger partial charge in [0.1, 0.15) is 11.2 Å². The molecule has 1 aromatic heterocycles. The third-order valence-corrected chi connectivity index (χ3v) is 4.74. The fourth-order valence-electron chi connectivity index (χ4n) is 3.39. The number of carboxylic acid groups (broad SMARTS) is 1. The first kappa shape index (κ1) is 18.1. The number of carbonyl (C=O) groups is 2. The summed E-state index contributed by atoms with van der Waals surface area (Å²) >= 11 is 0. The Morgan fingerprint density at radius 2 is 2.12 bits per heavy atom. The number of piperidine rings is 1. The number of aromatic nitrogens is 2. The van der Waals surface area contributed by atoms with E-state index in [-0.39, 0.29) is 24.9 Å². The number of amides is 1. The zero-order valence-corrected chi connectivity index (χ0v) is 14.4. The fraction of sp³-hybridized carbons (Fsp3) is 0.389. The summed E-state index contributed by atoms with van der Waals surface area (Å²) in [6.45, 7) is 0.580. The molecule has 0 radical (unpaired) electrons. The van der Waals surface area contributed by atoms with Crippen LogP contribution in [-0.4, -0.2) is 58.9 Å². The van der Waals surface area contributed by atoms with Gasteiger partial charge in [-0.05, 0) is 37.1 Å². The molecular formula is C18H20FN3O4. The second kappa shape index (κ2) is 7.25. The zero-order valence-electron chi connectivity index (χ0n) is 14.4. The van der Waals surface area contributed by atoms with Crippen LogP contribution in [0.4, 0.5) is 4.39 Å². The summed E-state index contributed by atoms with van der Waals surface area (Å²) < 4.78 is 18.2. The number of carbonyl (C=O) groups excluding carboxylic acids is 1. The molecule has 1 atom stereocenters. The van der Waals surface area contributed by atoms with Gasteiger partial charge in [-0.3, -0.25) is 14.7 Å². The van der Waals surface area contributed by atoms with Crippen LogP contribution in [0.3, 0.4) is 0 Å². The lowest BCUT2D eigenvalue weighted by molar-refractivity contribution is -0.155. The van der Waals surface area contributed by atoms with Gasteiger partial charge >= 0.3 is 5.97 Å². The van der Waals surface area contributed by atoms with Crippen molar-refractivity contribution in [3.05, 3.63) is 41.8 Å². The van der Waals surface area contributed by atoms with Gasteiger partial charge in [0, 0.05) is 25.8 Å². The average Bonchev–Trinajstić information content (AvgIpc) is 3.11. The van der Waals surface area contributed by atoms with E-state index in [4.69, 9.17) is 4.74 Å². The number of likely N-dealkylation sites (tertiary alicyclic amines) is 1. The van der Waals surface area contributed by atoms with Gasteiger partial charge in [0.15, 0.2) is 0 Å². The van der Waals surface area contributed by atoms with E-state index >= 15 is 0 Å². The quantitative estimate of drug-likeness (QED) is 0.851. The van der Waals surface area contributed by atoms with Gasteiger partial charge < -0.3 is 14.7 Å². The van der Waals surface area contributed by atoms with E-state index in [1.54, 1.807) is 12.1 Å². The van der Waals surface area contributed by atoms with Crippen molar-refractivity contribution in [3.63, 3.8) is 0 Å². The normalized spacial score (nSPS) is 20.2. The first-order valence-electron chi connectivity index (χ1n) is 8.28. The van der Waals surface area contributed by atoms with Crippen molar-refractivity contribution < 1.29 is 23.8 Å². The number of aromatic amines is 1. The summed E-state index contributed by atoms with van der Waals surface area (Å²) in [7, 11) is 1.45. The molecule has 0 saturated carbocycles. The van der Waals surface area contributed by atoms with Crippen molar-refractivity contribution in [2.24, 2.45) is 5.41 Å². The minimum absolute atomic E-state index is 0.0440. The highest BCUT2D eigenvalue weighted by molar-refractivity contribution is 6.00. The van der Waals surface area contributed by atoms with Crippen molar-refractivity contribution in [2.45, 2.75) is 12.8 Å². The number of nitrogens with zero attached hydrogens (tertiary/aromatic N) is 2. The van der Waals surface area contributed by atoms with Crippen molar-refractivity contribution in [1.82, 2.24) is 15.1 Å². The van der Waals surface area contributed by atoms with Gasteiger partial charge in [0.05, 0.1) is 24.1 Å². The van der Waals surface area contributed by atoms with Crippen molar-refractivity contribution >= 4 is 11.9 Å². The lowest BCUT2D eigenvalue weighted by Crippen LogP contribution is -2.52. The van der Waals surface area contributed by atoms with E-state index in [9.17, 15) is 19.1 Å². The molecule has 0 aliphatic carbocycles. The fourth-order valence-corrected chi connectivity index (χ4v) is 3.39. The van der Waals surface area contributed by atoms with Crippen LogP contribution in [0, 0.1) is 11.2 Å². The van der Waals surface area contributed by atoms with Gasteiger partial charge in [-0.15, -0.1) is 0 Å². The Labute approximate surface area is 149 Å². The molecule has 1 unspecified atom stereocenters. The summed E-state index contributed by atoms with van der Waals surface area (Å²) in [5, 5.41) is 16.3. The number of benzene rings is 1. The minimum atomic E-state index is -1.11. The lowest BCUT2D eigenvalue weighted by Gasteiger charge is -2.39. The van der Waals surface area contributed by atoms with Gasteiger partial charge in [-0.2, -0.15) is 5.10 Å². The Morgan fingerprint density at radius 3 is 2.77 bits per heavy atom. The second-order valence-corrected chi connectivity index (χ2v) is 6.51. The molecule has 2 aromatic rings. The molecule has 26 heavy (non-hydrogen) atoms. The van der Waals surface area contributed by atoms with Crippen LogP contribution in [0.5, 0.6) is 0 Å². The van der Waals surface area contributed by atoms with Crippen LogP contribution in [0.15, 0.2) is 30.5 Å². The van der Waals surface area contributed by atoms with E-state index in [0.29, 0.717) is 36.2 Å². The van der Waals surface area contributed by atoms with E-state index < -0.39 is 11.4 Å². The topological polar surface area (TPSA) is 95.5 Å². The minimum Gasteiger partial charge on any atom is -0.481 e. The Hall–Kier alpha value is -2.74. The van der Waals surface area contributed by atoms with Crippen LogP contribution in [0.2, 0.25) is 0 Å². The van der Waals surface area contributed by atoms with E-state index in [2.05, 4.69) is 10.2 Å². The summed E-state index contributed by atoms with van der Waals surface area (Å²) in [5.41, 5.74) is 0.330. The summed E-state index contributed by atoms with van der Waals surface area (Å²) in [4.78, 5) is 26.3. The molecule has 138 valence electrons. The van der Waals surface area contributed by atoms with E-state index in [1.165, 1.54) is 30.3 Å². The van der Waals surface area contributed by atoms with E-state index in [0.717, 1.165) is 0 Å². The standard InChI is InChI=1S/C18H20FN3O4/c1-26-11-18(17(24)25)7-2-8-22(10-18)16(23)14-9-20-21-15(14)12-3-5-13(19)6-4-12/h3-6,9H,2,7-8,10-11H2,1H3,(H,20,21)(H,24,25). The third-order valence-electron chi connectivity index (χ3n) is 4.74. The van der Waals surface area contributed by atoms with Crippen LogP contribution >= 0.6 is 0 Å². The molecular weight excluding hydrogens is 341 g/mol. The Kier molecular flexibility index (Phi) is 5.03. The number of carboxylic acids is 1. The van der Waals surface area contributed by atoms with E-state index in [1.807, 2.05) is 0 Å². The molecule has 0 bridgehead atoms. The van der Waals surface area contributed by atoms with Crippen LogP contribution < -0.4 is 0 Å². The highest BCUT2D eigenvalue weighted by Gasteiger charge is 2.44. The van der Waals surface area contributed by atoms with Crippen molar-refractivity contribution in [2.75, 3.05) is 26.8 Å². The predicted molar refractivity (Wildman–Crippen MR) is 91.1 cm³/mol. The number of ether oxygens (including phenoxy) is 1. The number of halogens is 1. The average molecular weight is 361 g/mol. The molecule has 3 rings (SSSR count). The Bertz CT molecular complexity index is 801. The number of nitrogens with one attached hydrogen (secondary N) is 1. The maximum absolute atomic E-state index is 13.1. The van der Waals surface area contributed by atoms with Crippen molar-refractivity contribution in [3.8, 4) is 11.3 Å². The van der Waals surface area contributed by atoms with Crippen LogP contribution in [-0.2, 0) is 9.53 Å². The van der Waals surface area contributed by atoms with Crippen LogP contribution in [0.25, 0.3) is 11.3 Å². The van der Waals surface area contributed by atoms with Crippen molar-refractivity contribution in [1.29, 1.82) is 0 Å². The number of methoxy groups -OCH3 is 1. The molecule has 1 aromatic carbocycles. The first-order chi connectivity index (χ1) is 12.5. The largest absolute Gasteiger partial charge is 0.481 e. The highest BCUT2D eigenvalue weighted by atomic mass is 19.1. The van der Waals surface area contributed by atoms with Crippen LogP contribution in [0.1, 0.15) is 23.2 Å². The zero-order chi connectivity index (χ0) is 18.7. The summed E-state index contributed by atoms with van der Waals surface area (Å²) in [6.07, 6.45) is 2.44. The number of H-pyrrole nitrogens is 1. The molecule has 8 heteroatoms. The molecule has 1 saturated heterocycles. The molecule has 2 N–H and O–H groups in total. The lowest BCUT2D eigenvalue weighted by atomic mass is 9.80. The van der Waals surface area contributed by atoms with Gasteiger partial charge in [-0.1, -0.05) is 0 Å². The molecule has 7 nitrogen and oxygen atoms in total.